The highest BCUT2D eigenvalue weighted by molar-refractivity contribution is 5.79. The fourth-order valence-corrected chi connectivity index (χ4v) is 2.90. The second kappa shape index (κ2) is 4.53. The first-order valence-corrected chi connectivity index (χ1v) is 6.94. The second-order valence-corrected chi connectivity index (χ2v) is 5.91. The molecule has 0 radical (unpaired) electrons. The Balaban J connectivity index is 1.79. The topological polar surface area (TPSA) is 44.0 Å². The van der Waals surface area contributed by atoms with Gasteiger partial charge in [-0.15, -0.1) is 0 Å². The van der Waals surface area contributed by atoms with Crippen LogP contribution in [0.1, 0.15) is 18.7 Å². The van der Waals surface area contributed by atoms with Crippen LogP contribution < -0.4 is 10.2 Å². The fourth-order valence-electron chi connectivity index (χ4n) is 2.90. The van der Waals surface area contributed by atoms with Gasteiger partial charge in [0, 0.05) is 31.2 Å². The van der Waals surface area contributed by atoms with E-state index in [2.05, 4.69) is 45.4 Å². The van der Waals surface area contributed by atoms with Crippen molar-refractivity contribution in [2.45, 2.75) is 19.8 Å². The molecule has 4 nitrogen and oxygen atoms in total. The Labute approximate surface area is 114 Å². The Morgan fingerprint density at radius 2 is 2.21 bits per heavy atom. The van der Waals surface area contributed by atoms with Crippen molar-refractivity contribution >= 4 is 16.7 Å². The van der Waals surface area contributed by atoms with Gasteiger partial charge in [-0.25, -0.2) is 4.98 Å². The summed E-state index contributed by atoms with van der Waals surface area (Å²) in [6, 6.07) is 6.46. The molecule has 2 aromatic rings. The molecule has 0 bridgehead atoms. The predicted molar refractivity (Wildman–Crippen MR) is 79.7 cm³/mol. The van der Waals surface area contributed by atoms with Crippen molar-refractivity contribution in [3.63, 3.8) is 0 Å². The van der Waals surface area contributed by atoms with Crippen molar-refractivity contribution in [3.8, 4) is 0 Å². The zero-order valence-electron chi connectivity index (χ0n) is 12.0. The molecule has 1 heterocycles. The van der Waals surface area contributed by atoms with E-state index in [-0.39, 0.29) is 0 Å². The van der Waals surface area contributed by atoms with E-state index in [0.29, 0.717) is 5.41 Å². The molecule has 1 saturated carbocycles. The maximum Gasteiger partial charge on any atom is 0.104 e. The Morgan fingerprint density at radius 1 is 1.42 bits per heavy atom. The van der Waals surface area contributed by atoms with Crippen LogP contribution in [0.5, 0.6) is 0 Å². The summed E-state index contributed by atoms with van der Waals surface area (Å²) in [6.07, 6.45) is 2.67. The summed E-state index contributed by atoms with van der Waals surface area (Å²) in [6.45, 7) is 4.23. The summed E-state index contributed by atoms with van der Waals surface area (Å²) in [5.41, 5.74) is 3.92. The molecule has 2 N–H and O–H groups in total. The molecule has 0 aliphatic heterocycles. The lowest BCUT2D eigenvalue weighted by Gasteiger charge is -2.25. The molecule has 3 rings (SSSR count). The zero-order chi connectivity index (χ0) is 13.5. The molecule has 1 aromatic carbocycles. The number of aromatic amines is 1. The number of benzene rings is 1. The van der Waals surface area contributed by atoms with E-state index < -0.39 is 0 Å². The van der Waals surface area contributed by atoms with Crippen LogP contribution in [-0.4, -0.2) is 37.2 Å². The highest BCUT2D eigenvalue weighted by Crippen LogP contribution is 2.46. The van der Waals surface area contributed by atoms with E-state index in [9.17, 15) is 0 Å². The van der Waals surface area contributed by atoms with Gasteiger partial charge in [0.05, 0.1) is 11.0 Å². The van der Waals surface area contributed by atoms with Gasteiger partial charge in [0.1, 0.15) is 5.82 Å². The smallest absolute Gasteiger partial charge is 0.104 e. The Morgan fingerprint density at radius 3 is 2.89 bits per heavy atom. The van der Waals surface area contributed by atoms with Gasteiger partial charge in [-0.2, -0.15) is 0 Å². The van der Waals surface area contributed by atoms with Gasteiger partial charge >= 0.3 is 0 Å². The summed E-state index contributed by atoms with van der Waals surface area (Å²) in [4.78, 5) is 10.1. The standard InChI is InChI=1S/C15H22N4/c1-11-17-13-5-4-12(8-14(13)18-11)19(3)10-15(6-7-15)9-16-2/h4-5,8,16H,6-7,9-10H2,1-3H3,(H,17,18). The van der Waals surface area contributed by atoms with Crippen molar-refractivity contribution in [2.24, 2.45) is 5.41 Å². The maximum atomic E-state index is 4.45. The van der Waals surface area contributed by atoms with Gasteiger partial charge < -0.3 is 15.2 Å². The molecule has 0 unspecified atom stereocenters. The maximum absolute atomic E-state index is 4.45. The normalized spacial score (nSPS) is 16.8. The second-order valence-electron chi connectivity index (χ2n) is 5.91. The lowest BCUT2D eigenvalue weighted by Crippen LogP contribution is -2.32. The quantitative estimate of drug-likeness (QED) is 0.865. The number of nitrogens with one attached hydrogen (secondary N) is 2. The van der Waals surface area contributed by atoms with Crippen molar-refractivity contribution in [3.05, 3.63) is 24.0 Å². The van der Waals surface area contributed by atoms with Crippen LogP contribution in [0.4, 0.5) is 5.69 Å². The molecule has 0 saturated heterocycles. The first-order chi connectivity index (χ1) is 9.12. The van der Waals surface area contributed by atoms with Crippen LogP contribution in [-0.2, 0) is 0 Å². The number of rotatable bonds is 5. The molecule has 0 atom stereocenters. The number of hydrogen-bond donors (Lipinski definition) is 2. The summed E-state index contributed by atoms with van der Waals surface area (Å²) in [7, 11) is 4.22. The largest absolute Gasteiger partial charge is 0.374 e. The molecular weight excluding hydrogens is 236 g/mol. The van der Waals surface area contributed by atoms with Gasteiger partial charge in [0.25, 0.3) is 0 Å². The number of imidazole rings is 1. The third-order valence-corrected chi connectivity index (χ3v) is 4.11. The van der Waals surface area contributed by atoms with Gasteiger partial charge in [-0.05, 0) is 45.0 Å². The highest BCUT2D eigenvalue weighted by Gasteiger charge is 2.42. The minimum Gasteiger partial charge on any atom is -0.374 e. The summed E-state index contributed by atoms with van der Waals surface area (Å²) < 4.78 is 0. The van der Waals surface area contributed by atoms with E-state index in [0.717, 1.165) is 29.9 Å². The summed E-state index contributed by atoms with van der Waals surface area (Å²) in [5.74, 6) is 0.976. The van der Waals surface area contributed by atoms with Gasteiger partial charge in [0.15, 0.2) is 0 Å². The number of aromatic nitrogens is 2. The van der Waals surface area contributed by atoms with Gasteiger partial charge in [-0.1, -0.05) is 0 Å². The Kier molecular flexibility index (Phi) is 2.97. The third-order valence-electron chi connectivity index (χ3n) is 4.11. The lowest BCUT2D eigenvalue weighted by atomic mass is 10.1. The van der Waals surface area contributed by atoms with Crippen LogP contribution >= 0.6 is 0 Å². The minimum atomic E-state index is 0.488. The average Bonchev–Trinajstić information content (AvgIpc) is 3.01. The van der Waals surface area contributed by atoms with Crippen LogP contribution in [0.25, 0.3) is 11.0 Å². The number of fused-ring (bicyclic) bond motifs is 1. The van der Waals surface area contributed by atoms with Crippen LogP contribution in [0, 0.1) is 12.3 Å². The molecule has 1 aliphatic carbocycles. The Hall–Kier alpha value is -1.55. The number of H-pyrrole nitrogens is 1. The highest BCUT2D eigenvalue weighted by atomic mass is 15.1. The summed E-state index contributed by atoms with van der Waals surface area (Å²) in [5, 5.41) is 3.32. The van der Waals surface area contributed by atoms with Crippen LogP contribution in [0.2, 0.25) is 0 Å². The van der Waals surface area contributed by atoms with Crippen LogP contribution in [0.3, 0.4) is 0 Å². The third kappa shape index (κ3) is 2.45. The first-order valence-electron chi connectivity index (χ1n) is 6.94. The lowest BCUT2D eigenvalue weighted by molar-refractivity contribution is 0.482. The van der Waals surface area contributed by atoms with Gasteiger partial charge in [-0.3, -0.25) is 0 Å². The number of hydrogen-bond acceptors (Lipinski definition) is 3. The molecular formula is C15H22N4. The molecule has 1 fully saturated rings. The Bertz CT molecular complexity index is 583. The van der Waals surface area contributed by atoms with Gasteiger partial charge in [0.2, 0.25) is 0 Å². The number of aryl methyl sites for hydroxylation is 1. The molecule has 0 spiro atoms. The summed E-state index contributed by atoms with van der Waals surface area (Å²) >= 11 is 0. The molecule has 1 aromatic heterocycles. The fraction of sp³-hybridized carbons (Fsp3) is 0.533. The number of nitrogens with zero attached hydrogens (tertiary/aromatic N) is 2. The SMILES string of the molecule is CNCC1(CN(C)c2ccc3nc(C)[nH]c3c2)CC1. The molecule has 19 heavy (non-hydrogen) atoms. The molecule has 1 aliphatic rings. The minimum absolute atomic E-state index is 0.488. The predicted octanol–water partition coefficient (Wildman–Crippen LogP) is 2.31. The molecule has 102 valence electrons. The van der Waals surface area contributed by atoms with E-state index in [4.69, 9.17) is 0 Å². The van der Waals surface area contributed by atoms with E-state index >= 15 is 0 Å². The van der Waals surface area contributed by atoms with E-state index in [1.54, 1.807) is 0 Å². The molecule has 0 amide bonds. The van der Waals surface area contributed by atoms with E-state index in [1.807, 2.05) is 14.0 Å². The van der Waals surface area contributed by atoms with Crippen molar-refractivity contribution in [2.75, 3.05) is 32.1 Å². The number of anilines is 1. The van der Waals surface area contributed by atoms with E-state index in [1.165, 1.54) is 18.5 Å². The first kappa shape index (κ1) is 12.5. The van der Waals surface area contributed by atoms with Crippen molar-refractivity contribution in [1.29, 1.82) is 0 Å². The zero-order valence-corrected chi connectivity index (χ0v) is 12.0. The van der Waals surface area contributed by atoms with Crippen molar-refractivity contribution in [1.82, 2.24) is 15.3 Å². The average molecular weight is 258 g/mol. The van der Waals surface area contributed by atoms with Crippen molar-refractivity contribution < 1.29 is 0 Å². The van der Waals surface area contributed by atoms with Crippen LogP contribution in [0.15, 0.2) is 18.2 Å². The monoisotopic (exact) mass is 258 g/mol. The molecule has 4 heteroatoms.